The molecule has 6 rings (SSSR count). The predicted molar refractivity (Wildman–Crippen MR) is 130 cm³/mol. The molecule has 1 spiro atoms. The molecule has 7 nitrogen and oxygen atoms in total. The van der Waals surface area contributed by atoms with Gasteiger partial charge in [0.25, 0.3) is 10.0 Å². The van der Waals surface area contributed by atoms with Crippen LogP contribution in [0.1, 0.15) is 22.6 Å². The molecule has 3 aliphatic rings. The fourth-order valence-electron chi connectivity index (χ4n) is 6.13. The largest absolute Gasteiger partial charge is 0.489 e. The number of rotatable bonds is 8. The van der Waals surface area contributed by atoms with Crippen LogP contribution in [-0.4, -0.2) is 55.2 Å². The normalized spacial score (nSPS) is 28.1. The minimum atomic E-state index is -3.75. The minimum Gasteiger partial charge on any atom is -0.489 e. The third-order valence-corrected chi connectivity index (χ3v) is 9.31. The second-order valence-corrected chi connectivity index (χ2v) is 12.0. The van der Waals surface area contributed by atoms with Crippen molar-refractivity contribution in [2.75, 3.05) is 20.2 Å². The van der Waals surface area contributed by atoms with Gasteiger partial charge in [0.1, 0.15) is 6.61 Å². The van der Waals surface area contributed by atoms with E-state index in [9.17, 15) is 12.8 Å². The Morgan fingerprint density at radius 2 is 2.06 bits per heavy atom. The highest BCUT2D eigenvalue weighted by Gasteiger charge is 2.84. The molecule has 1 aromatic heterocycles. The monoisotopic (exact) mass is 516 g/mol. The summed E-state index contributed by atoms with van der Waals surface area (Å²) in [5.74, 6) is -0.0121. The Morgan fingerprint density at radius 1 is 1.26 bits per heavy atom. The zero-order valence-electron chi connectivity index (χ0n) is 19.4. The van der Waals surface area contributed by atoms with E-state index in [2.05, 4.69) is 27.7 Å². The lowest BCUT2D eigenvalue weighted by molar-refractivity contribution is 0.226. The second-order valence-electron chi connectivity index (χ2n) is 9.84. The molecule has 3 unspecified atom stereocenters. The summed E-state index contributed by atoms with van der Waals surface area (Å²) in [6, 6.07) is 12.4. The lowest BCUT2D eigenvalue weighted by atomic mass is 9.81. The number of nitrogens with one attached hydrogen (secondary N) is 1. The minimum absolute atomic E-state index is 0.000138. The Kier molecular flexibility index (Phi) is 5.27. The van der Waals surface area contributed by atoms with Crippen LogP contribution in [0, 0.1) is 11.2 Å². The van der Waals surface area contributed by atoms with Crippen LogP contribution in [0.5, 0.6) is 5.75 Å². The van der Waals surface area contributed by atoms with Gasteiger partial charge in [-0.3, -0.25) is 4.90 Å². The van der Waals surface area contributed by atoms with Gasteiger partial charge < -0.3 is 9.30 Å². The van der Waals surface area contributed by atoms with Gasteiger partial charge in [-0.05, 0) is 66.8 Å². The average molecular weight is 517 g/mol. The topological polar surface area (TPSA) is 76.2 Å². The van der Waals surface area contributed by atoms with Crippen molar-refractivity contribution >= 4 is 21.6 Å². The molecule has 10 heteroatoms. The van der Waals surface area contributed by atoms with Crippen molar-refractivity contribution in [2.24, 2.45) is 12.5 Å². The van der Waals surface area contributed by atoms with E-state index in [-0.39, 0.29) is 35.3 Å². The maximum Gasteiger partial charge on any atom is 0.259 e. The number of aryl methyl sites for hydroxylation is 1. The number of sulfonamides is 1. The van der Waals surface area contributed by atoms with Gasteiger partial charge in [0.2, 0.25) is 0 Å². The van der Waals surface area contributed by atoms with Crippen molar-refractivity contribution in [1.82, 2.24) is 19.2 Å². The van der Waals surface area contributed by atoms with E-state index in [0.717, 1.165) is 24.0 Å². The van der Waals surface area contributed by atoms with E-state index in [4.69, 9.17) is 16.3 Å². The molecule has 2 heterocycles. The predicted octanol–water partition coefficient (Wildman–Crippen LogP) is 3.13. The molecule has 1 N–H and O–H groups in total. The summed E-state index contributed by atoms with van der Waals surface area (Å²) in [5, 5.41) is 0.648. The number of fused-ring (bicyclic) bond motifs is 4. The first kappa shape index (κ1) is 23.0. The second kappa shape index (κ2) is 8.03. The molecule has 35 heavy (non-hydrogen) atoms. The molecule has 2 aliphatic carbocycles. The Hall–Kier alpha value is -2.46. The van der Waals surface area contributed by atoms with Gasteiger partial charge in [0.15, 0.2) is 16.6 Å². The number of imidazole rings is 1. The molecule has 3 atom stereocenters. The van der Waals surface area contributed by atoms with Gasteiger partial charge in [-0.25, -0.2) is 22.5 Å². The Balaban J connectivity index is 1.18. The fourth-order valence-corrected chi connectivity index (χ4v) is 7.34. The van der Waals surface area contributed by atoms with Crippen molar-refractivity contribution in [1.29, 1.82) is 0 Å². The van der Waals surface area contributed by atoms with Gasteiger partial charge in [-0.2, -0.15) is 0 Å². The van der Waals surface area contributed by atoms with Crippen molar-refractivity contribution in [3.63, 3.8) is 0 Å². The summed E-state index contributed by atoms with van der Waals surface area (Å²) in [6.45, 7) is 0.000116. The fraction of sp³-hybridized carbons (Fsp3) is 0.400. The van der Waals surface area contributed by atoms with Crippen LogP contribution in [-0.2, 0) is 29.9 Å². The van der Waals surface area contributed by atoms with E-state index < -0.39 is 15.8 Å². The summed E-state index contributed by atoms with van der Waals surface area (Å²) in [6.07, 6.45) is 4.54. The summed E-state index contributed by atoms with van der Waals surface area (Å²) < 4.78 is 49.3. The van der Waals surface area contributed by atoms with Gasteiger partial charge in [0.05, 0.1) is 6.33 Å². The quantitative estimate of drug-likeness (QED) is 0.368. The number of likely N-dealkylation sites (tertiary alicyclic amines) is 1. The molecular weight excluding hydrogens is 491 g/mol. The lowest BCUT2D eigenvalue weighted by Crippen LogP contribution is -2.31. The molecular formula is C25H26ClFN4O3S. The maximum atomic E-state index is 14.9. The smallest absolute Gasteiger partial charge is 0.259 e. The molecule has 3 aromatic rings. The van der Waals surface area contributed by atoms with Crippen LogP contribution in [0.3, 0.4) is 0 Å². The van der Waals surface area contributed by atoms with E-state index in [0.29, 0.717) is 17.1 Å². The molecule has 184 valence electrons. The molecule has 0 radical (unpaired) electrons. The Bertz CT molecular complexity index is 1420. The zero-order chi connectivity index (χ0) is 24.5. The van der Waals surface area contributed by atoms with E-state index in [1.807, 2.05) is 24.3 Å². The maximum absolute atomic E-state index is 14.9. The van der Waals surface area contributed by atoms with Crippen molar-refractivity contribution in [2.45, 2.75) is 35.9 Å². The SMILES string of the molecule is CN1C2C1C21Cc2cc(F)c(OCCNS(=O)(=O)c3cn(C)cn3)cc2C1Cc1cccc(Cl)c1. The van der Waals surface area contributed by atoms with E-state index in [1.54, 1.807) is 17.7 Å². The average Bonchev–Trinajstić information content (AvgIpc) is 3.56. The highest BCUT2D eigenvalue weighted by atomic mass is 35.5. The molecule has 0 amide bonds. The summed E-state index contributed by atoms with van der Waals surface area (Å²) >= 11 is 6.24. The standard InChI is InChI=1S/C25H26ClFN4O3S/c1-30-13-22(28-14-30)35(32,33)29-6-7-34-21-11-18-16(10-20(21)27)12-25(23-24(25)31(23)2)19(18)9-15-4-3-5-17(26)8-15/h3-5,8,10-11,13-14,19,23-24,29H,6-7,9,12H2,1-2H3. The highest BCUT2D eigenvalue weighted by Crippen LogP contribution is 2.76. The Morgan fingerprint density at radius 3 is 2.74 bits per heavy atom. The first-order valence-corrected chi connectivity index (χ1v) is 13.5. The van der Waals surface area contributed by atoms with Gasteiger partial charge >= 0.3 is 0 Å². The molecule has 1 aliphatic heterocycles. The van der Waals surface area contributed by atoms with Crippen LogP contribution in [0.15, 0.2) is 53.9 Å². The molecule has 2 aromatic carbocycles. The number of hydrogen-bond donors (Lipinski definition) is 1. The molecule has 2 fully saturated rings. The summed E-state index contributed by atoms with van der Waals surface area (Å²) in [4.78, 5) is 6.23. The third-order valence-electron chi connectivity index (χ3n) is 7.73. The van der Waals surface area contributed by atoms with Crippen LogP contribution in [0.25, 0.3) is 0 Å². The summed E-state index contributed by atoms with van der Waals surface area (Å²) in [5.41, 5.74) is 3.48. The van der Waals surface area contributed by atoms with E-state index >= 15 is 0 Å². The first-order valence-electron chi connectivity index (χ1n) is 11.6. The van der Waals surface area contributed by atoms with Crippen LogP contribution >= 0.6 is 11.6 Å². The zero-order valence-corrected chi connectivity index (χ0v) is 21.0. The number of nitrogens with zero attached hydrogens (tertiary/aromatic N) is 3. The number of ether oxygens (including phenoxy) is 1. The van der Waals surface area contributed by atoms with Crippen LogP contribution < -0.4 is 9.46 Å². The highest BCUT2D eigenvalue weighted by molar-refractivity contribution is 7.89. The van der Waals surface area contributed by atoms with Gasteiger partial charge in [-0.1, -0.05) is 23.7 Å². The number of hydrogen-bond acceptors (Lipinski definition) is 5. The first-order chi connectivity index (χ1) is 16.7. The van der Waals surface area contributed by atoms with Crippen LogP contribution in [0.2, 0.25) is 5.02 Å². The summed E-state index contributed by atoms with van der Waals surface area (Å²) in [7, 11) is 0.0879. The number of halogens is 2. The lowest BCUT2D eigenvalue weighted by Gasteiger charge is -2.29. The van der Waals surface area contributed by atoms with Crippen molar-refractivity contribution in [3.05, 3.63) is 76.5 Å². The Labute approximate surface area is 208 Å². The number of aromatic nitrogens is 2. The van der Waals surface area contributed by atoms with Gasteiger partial charge in [-0.15, -0.1) is 0 Å². The van der Waals surface area contributed by atoms with Crippen LogP contribution in [0.4, 0.5) is 4.39 Å². The molecule has 0 bridgehead atoms. The number of likely N-dealkylation sites (N-methyl/N-ethyl adjacent to an activating group) is 1. The molecule has 1 saturated heterocycles. The van der Waals surface area contributed by atoms with Crippen molar-refractivity contribution in [3.8, 4) is 5.75 Å². The van der Waals surface area contributed by atoms with Gasteiger partial charge in [0, 0.05) is 42.3 Å². The number of benzene rings is 2. The molecule has 1 saturated carbocycles. The van der Waals surface area contributed by atoms with Crippen molar-refractivity contribution < 1.29 is 17.5 Å². The van der Waals surface area contributed by atoms with E-state index in [1.165, 1.54) is 18.1 Å². The third kappa shape index (κ3) is 3.76.